The summed E-state index contributed by atoms with van der Waals surface area (Å²) < 4.78 is 0. The van der Waals surface area contributed by atoms with Gasteiger partial charge in [-0.3, -0.25) is 9.98 Å². The fourth-order valence-electron chi connectivity index (χ4n) is 1.52. The van der Waals surface area contributed by atoms with E-state index in [9.17, 15) is 0 Å². The molecule has 0 saturated heterocycles. The number of nitriles is 1. The second-order valence-electron chi connectivity index (χ2n) is 3.47. The number of allylic oxidation sites excluding steroid dienone is 2. The van der Waals surface area contributed by atoms with Gasteiger partial charge in [0.25, 0.3) is 0 Å². The van der Waals surface area contributed by atoms with Crippen LogP contribution in [0.3, 0.4) is 0 Å². The SMILES string of the molecule is C=Nc1ccc(C/C(=C/C)N=CC)cc1C#N.CC. The second-order valence-corrected chi connectivity index (χ2v) is 3.47. The third-order valence-electron chi connectivity index (χ3n) is 2.37. The summed E-state index contributed by atoms with van der Waals surface area (Å²) >= 11 is 0. The predicted molar refractivity (Wildman–Crippen MR) is 83.3 cm³/mol. The molecule has 19 heavy (non-hydrogen) atoms. The molecule has 0 atom stereocenters. The molecule has 0 amide bonds. The lowest BCUT2D eigenvalue weighted by Crippen LogP contribution is -1.90. The van der Waals surface area contributed by atoms with Crippen LogP contribution in [0.15, 0.2) is 40.0 Å². The molecule has 1 aromatic carbocycles. The van der Waals surface area contributed by atoms with E-state index in [1.54, 1.807) is 6.21 Å². The van der Waals surface area contributed by atoms with Gasteiger partial charge < -0.3 is 0 Å². The Morgan fingerprint density at radius 2 is 2.05 bits per heavy atom. The summed E-state index contributed by atoms with van der Waals surface area (Å²) in [6, 6.07) is 7.70. The Labute approximate surface area is 116 Å². The van der Waals surface area contributed by atoms with Gasteiger partial charge >= 0.3 is 0 Å². The zero-order chi connectivity index (χ0) is 14.7. The Bertz CT molecular complexity index is 505. The zero-order valence-corrected chi connectivity index (χ0v) is 12.1. The second kappa shape index (κ2) is 9.78. The molecule has 0 heterocycles. The predicted octanol–water partition coefficient (Wildman–Crippen LogP) is 4.45. The van der Waals surface area contributed by atoms with Crippen LogP contribution in [0.2, 0.25) is 0 Å². The number of nitrogens with zero attached hydrogens (tertiary/aromatic N) is 3. The molecule has 1 rings (SSSR count). The largest absolute Gasteiger partial charge is 0.266 e. The van der Waals surface area contributed by atoms with Crippen LogP contribution in [0.4, 0.5) is 5.69 Å². The van der Waals surface area contributed by atoms with Gasteiger partial charge in [-0.05, 0) is 38.3 Å². The molecule has 0 saturated carbocycles. The molecule has 3 heteroatoms. The van der Waals surface area contributed by atoms with Crippen molar-refractivity contribution in [2.24, 2.45) is 9.98 Å². The van der Waals surface area contributed by atoms with E-state index in [1.165, 1.54) is 0 Å². The van der Waals surface area contributed by atoms with Crippen LogP contribution in [0.25, 0.3) is 0 Å². The molecule has 0 aliphatic carbocycles. The molecular weight excluding hydrogens is 234 g/mol. The number of hydrogen-bond donors (Lipinski definition) is 0. The summed E-state index contributed by atoms with van der Waals surface area (Å²) in [5.41, 5.74) is 3.20. The van der Waals surface area contributed by atoms with Crippen molar-refractivity contribution in [3.05, 3.63) is 41.1 Å². The Morgan fingerprint density at radius 1 is 1.37 bits per heavy atom. The van der Waals surface area contributed by atoms with E-state index >= 15 is 0 Å². The molecule has 0 aliphatic rings. The first-order valence-electron chi connectivity index (χ1n) is 6.38. The van der Waals surface area contributed by atoms with E-state index in [-0.39, 0.29) is 0 Å². The highest BCUT2D eigenvalue weighted by Crippen LogP contribution is 2.21. The van der Waals surface area contributed by atoms with Crippen LogP contribution in [-0.4, -0.2) is 12.9 Å². The maximum atomic E-state index is 8.99. The summed E-state index contributed by atoms with van der Waals surface area (Å²) in [6.07, 6.45) is 4.44. The molecule has 3 nitrogen and oxygen atoms in total. The van der Waals surface area contributed by atoms with Crippen LogP contribution in [0.1, 0.15) is 38.8 Å². The van der Waals surface area contributed by atoms with Crippen LogP contribution in [0, 0.1) is 11.3 Å². The first kappa shape index (κ1) is 16.8. The van der Waals surface area contributed by atoms with Gasteiger partial charge in [0, 0.05) is 18.3 Å². The van der Waals surface area contributed by atoms with Gasteiger partial charge in [0.15, 0.2) is 0 Å². The highest BCUT2D eigenvalue weighted by Gasteiger charge is 2.03. The lowest BCUT2D eigenvalue weighted by Gasteiger charge is -2.04. The van der Waals surface area contributed by atoms with E-state index in [1.807, 2.05) is 52.0 Å². The third-order valence-corrected chi connectivity index (χ3v) is 2.37. The molecule has 0 unspecified atom stereocenters. The summed E-state index contributed by atoms with van der Waals surface area (Å²) in [4.78, 5) is 8.05. The van der Waals surface area contributed by atoms with Crippen molar-refractivity contribution < 1.29 is 0 Å². The topological polar surface area (TPSA) is 48.5 Å². The molecule has 0 spiro atoms. The Morgan fingerprint density at radius 3 is 2.53 bits per heavy atom. The maximum absolute atomic E-state index is 8.99. The first-order chi connectivity index (χ1) is 9.24. The van der Waals surface area contributed by atoms with Gasteiger partial charge in [-0.2, -0.15) is 5.26 Å². The van der Waals surface area contributed by atoms with Crippen LogP contribution in [-0.2, 0) is 6.42 Å². The van der Waals surface area contributed by atoms with Crippen molar-refractivity contribution >= 4 is 18.6 Å². The molecule has 0 N–H and O–H groups in total. The lowest BCUT2D eigenvalue weighted by atomic mass is 10.1. The minimum atomic E-state index is 0.549. The van der Waals surface area contributed by atoms with Gasteiger partial charge in [0.2, 0.25) is 0 Å². The van der Waals surface area contributed by atoms with Crippen LogP contribution >= 0.6 is 0 Å². The highest BCUT2D eigenvalue weighted by atomic mass is 14.7. The standard InChI is InChI=1S/C14H15N3.C2H6/c1-4-13(17-5-2)9-11-6-7-14(16-3)12(8-11)10-15;1-2/h4-8H,3,9H2,1-2H3;1-2H3/b13-4-,17-5?;. The number of aliphatic imine (C=N–C) groups is 2. The molecule has 0 fully saturated rings. The molecule has 100 valence electrons. The Hall–Kier alpha value is -2.21. The Kier molecular flexibility index (Phi) is 8.64. The maximum Gasteiger partial charge on any atom is 0.101 e. The van der Waals surface area contributed by atoms with Crippen molar-refractivity contribution in [1.29, 1.82) is 5.26 Å². The van der Waals surface area contributed by atoms with E-state index in [0.717, 1.165) is 11.3 Å². The average Bonchev–Trinajstić information content (AvgIpc) is 2.48. The van der Waals surface area contributed by atoms with Crippen molar-refractivity contribution in [2.75, 3.05) is 0 Å². The van der Waals surface area contributed by atoms with E-state index < -0.39 is 0 Å². The smallest absolute Gasteiger partial charge is 0.101 e. The van der Waals surface area contributed by atoms with Gasteiger partial charge in [-0.15, -0.1) is 0 Å². The summed E-state index contributed by atoms with van der Waals surface area (Å²) in [6.45, 7) is 11.3. The fraction of sp³-hybridized carbons (Fsp3) is 0.312. The number of hydrogen-bond acceptors (Lipinski definition) is 3. The first-order valence-corrected chi connectivity index (χ1v) is 6.38. The molecule has 0 aliphatic heterocycles. The van der Waals surface area contributed by atoms with Gasteiger partial charge in [-0.25, -0.2) is 0 Å². The van der Waals surface area contributed by atoms with Crippen molar-refractivity contribution in [2.45, 2.75) is 34.1 Å². The minimum Gasteiger partial charge on any atom is -0.266 e. The van der Waals surface area contributed by atoms with Gasteiger partial charge in [0.05, 0.1) is 11.3 Å². The van der Waals surface area contributed by atoms with Crippen molar-refractivity contribution in [3.8, 4) is 6.07 Å². The fourth-order valence-corrected chi connectivity index (χ4v) is 1.52. The van der Waals surface area contributed by atoms with E-state index in [2.05, 4.69) is 22.8 Å². The summed E-state index contributed by atoms with van der Waals surface area (Å²) in [7, 11) is 0. The van der Waals surface area contributed by atoms with E-state index in [4.69, 9.17) is 5.26 Å². The van der Waals surface area contributed by atoms with Gasteiger partial charge in [-0.1, -0.05) is 26.0 Å². The average molecular weight is 255 g/mol. The highest BCUT2D eigenvalue weighted by molar-refractivity contribution is 5.59. The zero-order valence-electron chi connectivity index (χ0n) is 12.1. The van der Waals surface area contributed by atoms with E-state index in [0.29, 0.717) is 17.7 Å². The quantitative estimate of drug-likeness (QED) is 0.733. The molecule has 0 radical (unpaired) electrons. The minimum absolute atomic E-state index is 0.549. The summed E-state index contributed by atoms with van der Waals surface area (Å²) in [5, 5.41) is 8.99. The molecule has 1 aromatic rings. The summed E-state index contributed by atoms with van der Waals surface area (Å²) in [5.74, 6) is 0. The van der Waals surface area contributed by atoms with Crippen molar-refractivity contribution in [3.63, 3.8) is 0 Å². The lowest BCUT2D eigenvalue weighted by molar-refractivity contribution is 1.10. The van der Waals surface area contributed by atoms with Crippen LogP contribution < -0.4 is 0 Å². The van der Waals surface area contributed by atoms with Gasteiger partial charge in [0.1, 0.15) is 6.07 Å². The Balaban J connectivity index is 0.00000154. The monoisotopic (exact) mass is 255 g/mol. The van der Waals surface area contributed by atoms with Crippen molar-refractivity contribution in [1.82, 2.24) is 0 Å². The molecule has 0 aromatic heterocycles. The van der Waals surface area contributed by atoms with Crippen LogP contribution in [0.5, 0.6) is 0 Å². The third kappa shape index (κ3) is 5.31. The normalized spacial score (nSPS) is 10.6. The number of rotatable bonds is 4. The molecular formula is C16H21N3. The molecule has 0 bridgehead atoms. The number of benzene rings is 1.